The van der Waals surface area contributed by atoms with Gasteiger partial charge in [0.25, 0.3) is 5.91 Å². The van der Waals surface area contributed by atoms with E-state index in [1.165, 1.54) is 11.3 Å². The van der Waals surface area contributed by atoms with Gasteiger partial charge in [-0.1, -0.05) is 0 Å². The van der Waals surface area contributed by atoms with Crippen LogP contribution in [0.1, 0.15) is 28.2 Å². The van der Waals surface area contributed by atoms with Crippen molar-refractivity contribution in [1.82, 2.24) is 25.2 Å². The number of hydrogen-bond donors (Lipinski definition) is 4. The van der Waals surface area contributed by atoms with Gasteiger partial charge < -0.3 is 20.7 Å². The van der Waals surface area contributed by atoms with E-state index in [1.54, 1.807) is 0 Å². The molecular weight excluding hydrogens is 438 g/mol. The van der Waals surface area contributed by atoms with Crippen molar-refractivity contribution in [1.29, 1.82) is 5.26 Å². The van der Waals surface area contributed by atoms with Gasteiger partial charge in [-0.05, 0) is 37.7 Å². The van der Waals surface area contributed by atoms with Gasteiger partial charge >= 0.3 is 0 Å². The number of carbonyl (C=O) groups is 1. The van der Waals surface area contributed by atoms with Gasteiger partial charge in [0.05, 0.1) is 36.2 Å². The molecule has 4 N–H and O–H groups in total. The summed E-state index contributed by atoms with van der Waals surface area (Å²) in [6, 6.07) is 4.64. The molecule has 2 aliphatic rings. The van der Waals surface area contributed by atoms with Crippen LogP contribution >= 0.6 is 11.3 Å². The minimum absolute atomic E-state index is 0.101. The van der Waals surface area contributed by atoms with Crippen molar-refractivity contribution in [3.8, 4) is 16.6 Å². The molecule has 1 aliphatic carbocycles. The number of hydrogen-bond acceptors (Lipinski definition) is 8. The zero-order chi connectivity index (χ0) is 22.9. The summed E-state index contributed by atoms with van der Waals surface area (Å²) in [6.07, 6.45) is 5.86. The predicted molar refractivity (Wildman–Crippen MR) is 127 cm³/mol. The summed E-state index contributed by atoms with van der Waals surface area (Å²) >= 11 is 1.34. The highest BCUT2D eigenvalue weighted by Gasteiger charge is 2.41. The SMILES string of the molecule is Cc1nc(-c2cnc3[nH]ccc3c2NC2C[C@@H]3CN(CC#N)C[C@@H]3C2)sc1C(=O)NCCO. The van der Waals surface area contributed by atoms with Crippen LogP contribution in [0.4, 0.5) is 5.69 Å². The lowest BCUT2D eigenvalue weighted by Crippen LogP contribution is -2.26. The summed E-state index contributed by atoms with van der Waals surface area (Å²) < 4.78 is 0. The van der Waals surface area contributed by atoms with Gasteiger partial charge in [0.2, 0.25) is 0 Å². The minimum Gasteiger partial charge on any atom is -0.395 e. The second kappa shape index (κ2) is 9.09. The quantitative estimate of drug-likeness (QED) is 0.394. The van der Waals surface area contributed by atoms with Gasteiger partial charge in [0, 0.05) is 43.5 Å². The number of nitrogens with one attached hydrogen (secondary N) is 3. The Balaban J connectivity index is 1.42. The number of aliphatic hydroxyl groups is 1. The molecule has 2 fully saturated rings. The largest absolute Gasteiger partial charge is 0.395 e. The normalized spacial score (nSPS) is 22.4. The van der Waals surface area contributed by atoms with Crippen LogP contribution in [0.2, 0.25) is 0 Å². The highest BCUT2D eigenvalue weighted by Crippen LogP contribution is 2.42. The fourth-order valence-corrected chi connectivity index (χ4v) is 6.24. The molecule has 1 unspecified atom stereocenters. The number of amides is 1. The van der Waals surface area contributed by atoms with E-state index in [4.69, 9.17) is 15.4 Å². The summed E-state index contributed by atoms with van der Waals surface area (Å²) in [5.41, 5.74) is 3.36. The molecule has 3 atom stereocenters. The van der Waals surface area contributed by atoms with Crippen molar-refractivity contribution in [2.75, 3.05) is 38.1 Å². The molecule has 3 aromatic rings. The minimum atomic E-state index is -0.221. The topological polar surface area (TPSA) is 130 Å². The summed E-state index contributed by atoms with van der Waals surface area (Å²) in [5.74, 6) is 1.01. The number of aromatic nitrogens is 3. The van der Waals surface area contributed by atoms with Gasteiger partial charge in [-0.25, -0.2) is 9.97 Å². The molecule has 0 radical (unpaired) electrons. The lowest BCUT2D eigenvalue weighted by atomic mass is 10.0. The first-order valence-corrected chi connectivity index (χ1v) is 12.1. The Kier molecular flexibility index (Phi) is 6.01. The summed E-state index contributed by atoms with van der Waals surface area (Å²) in [5, 5.41) is 26.3. The van der Waals surface area contributed by atoms with Crippen LogP contribution in [0.25, 0.3) is 21.6 Å². The molecule has 10 heteroatoms. The highest BCUT2D eigenvalue weighted by atomic mass is 32.1. The molecule has 3 aromatic heterocycles. The first kappa shape index (κ1) is 21.8. The number of fused-ring (bicyclic) bond motifs is 2. The van der Waals surface area contributed by atoms with E-state index in [0.717, 1.165) is 53.2 Å². The van der Waals surface area contributed by atoms with E-state index in [1.807, 2.05) is 25.4 Å². The smallest absolute Gasteiger partial charge is 0.263 e. The fourth-order valence-electron chi connectivity index (χ4n) is 5.25. The number of nitrogens with zero attached hydrogens (tertiary/aromatic N) is 4. The third-order valence-corrected chi connectivity index (χ3v) is 7.88. The second-order valence-corrected chi connectivity index (χ2v) is 9.88. The number of thiazole rings is 1. The van der Waals surface area contributed by atoms with Gasteiger partial charge in [-0.3, -0.25) is 9.69 Å². The highest BCUT2D eigenvalue weighted by molar-refractivity contribution is 7.17. The van der Waals surface area contributed by atoms with Crippen molar-refractivity contribution in [2.24, 2.45) is 11.8 Å². The van der Waals surface area contributed by atoms with Crippen molar-refractivity contribution >= 4 is 34.0 Å². The predicted octanol–water partition coefficient (Wildman–Crippen LogP) is 2.36. The first-order chi connectivity index (χ1) is 16.1. The number of H-pyrrole nitrogens is 1. The molecule has 1 aliphatic heterocycles. The van der Waals surface area contributed by atoms with Gasteiger partial charge in [0.1, 0.15) is 15.5 Å². The van der Waals surface area contributed by atoms with Crippen LogP contribution in [0, 0.1) is 30.1 Å². The van der Waals surface area contributed by atoms with E-state index in [9.17, 15) is 4.79 Å². The molecule has 1 amide bonds. The fraction of sp³-hybridized carbons (Fsp3) is 0.478. The van der Waals surface area contributed by atoms with Crippen molar-refractivity contribution < 1.29 is 9.90 Å². The molecule has 33 heavy (non-hydrogen) atoms. The summed E-state index contributed by atoms with van der Waals surface area (Å²) in [4.78, 5) is 27.7. The lowest BCUT2D eigenvalue weighted by molar-refractivity contribution is 0.0948. The third-order valence-electron chi connectivity index (χ3n) is 6.69. The number of aryl methyl sites for hydroxylation is 1. The third kappa shape index (κ3) is 4.19. The Hall–Kier alpha value is -3.00. The van der Waals surface area contributed by atoms with Crippen molar-refractivity contribution in [3.05, 3.63) is 29.0 Å². The molecule has 0 spiro atoms. The Morgan fingerprint density at radius 3 is 2.91 bits per heavy atom. The Morgan fingerprint density at radius 2 is 2.18 bits per heavy atom. The van der Waals surface area contributed by atoms with E-state index < -0.39 is 0 Å². The zero-order valence-electron chi connectivity index (χ0n) is 18.5. The molecule has 0 bridgehead atoms. The average molecular weight is 466 g/mol. The van der Waals surface area contributed by atoms with Crippen LogP contribution in [0.5, 0.6) is 0 Å². The van der Waals surface area contributed by atoms with Crippen LogP contribution < -0.4 is 10.6 Å². The Morgan fingerprint density at radius 1 is 1.39 bits per heavy atom. The van der Waals surface area contributed by atoms with Gasteiger partial charge in [-0.15, -0.1) is 11.3 Å². The number of likely N-dealkylation sites (tertiary alicyclic amines) is 1. The Labute approximate surface area is 195 Å². The van der Waals surface area contributed by atoms with E-state index >= 15 is 0 Å². The van der Waals surface area contributed by atoms with Crippen LogP contribution in [-0.4, -0.2) is 69.7 Å². The number of aromatic amines is 1. The monoisotopic (exact) mass is 465 g/mol. The molecule has 172 valence electrons. The van der Waals surface area contributed by atoms with Crippen molar-refractivity contribution in [2.45, 2.75) is 25.8 Å². The van der Waals surface area contributed by atoms with Crippen LogP contribution in [0.15, 0.2) is 18.5 Å². The molecule has 0 aromatic carbocycles. The van der Waals surface area contributed by atoms with Crippen LogP contribution in [-0.2, 0) is 0 Å². The van der Waals surface area contributed by atoms with E-state index in [0.29, 0.717) is 35.0 Å². The maximum absolute atomic E-state index is 12.5. The first-order valence-electron chi connectivity index (χ1n) is 11.3. The molecule has 5 rings (SSSR count). The molecule has 4 heterocycles. The van der Waals surface area contributed by atoms with E-state index in [-0.39, 0.29) is 19.1 Å². The Bertz CT molecular complexity index is 1200. The standard InChI is InChI=1S/C23H27N7O2S/c1-13-20(22(32)26-5-7-31)33-23(28-13)18-10-27-21-17(2-4-25-21)19(18)29-16-8-14-11-30(6-3-24)12-15(14)9-16/h2,4,10,14-16,31H,5-9,11-12H2,1H3,(H,26,32)(H2,25,27,29)/t14-,15+,16?. The molecular formula is C23H27N7O2S. The summed E-state index contributed by atoms with van der Waals surface area (Å²) in [7, 11) is 0. The lowest BCUT2D eigenvalue weighted by Gasteiger charge is -2.20. The number of carbonyl (C=O) groups excluding carboxylic acids is 1. The number of aliphatic hydroxyl groups excluding tert-OH is 1. The number of anilines is 1. The molecule has 9 nitrogen and oxygen atoms in total. The second-order valence-electron chi connectivity index (χ2n) is 8.88. The van der Waals surface area contributed by atoms with E-state index in [2.05, 4.69) is 31.6 Å². The van der Waals surface area contributed by atoms with Crippen molar-refractivity contribution in [3.63, 3.8) is 0 Å². The average Bonchev–Trinajstić information content (AvgIpc) is 3.56. The number of pyridine rings is 1. The zero-order valence-corrected chi connectivity index (χ0v) is 19.3. The maximum atomic E-state index is 12.5. The maximum Gasteiger partial charge on any atom is 0.263 e. The number of rotatable bonds is 7. The van der Waals surface area contributed by atoms with Gasteiger partial charge in [-0.2, -0.15) is 5.26 Å². The van der Waals surface area contributed by atoms with Gasteiger partial charge in [0.15, 0.2) is 0 Å². The number of nitriles is 1. The summed E-state index contributed by atoms with van der Waals surface area (Å²) in [6.45, 7) is 4.45. The molecule has 1 saturated carbocycles. The molecule has 1 saturated heterocycles. The van der Waals surface area contributed by atoms with Crippen LogP contribution in [0.3, 0.4) is 0 Å².